The standard InChI is InChI=1S/C14H26/c1-10(2)8-12-9-11(3)13-6-4-5-7-14(12)13/h10-14H,4-9H2,1-3H3. The summed E-state index contributed by atoms with van der Waals surface area (Å²) < 4.78 is 0. The van der Waals surface area contributed by atoms with Crippen LogP contribution in [0.2, 0.25) is 0 Å². The highest BCUT2D eigenvalue weighted by Crippen LogP contribution is 2.50. The van der Waals surface area contributed by atoms with E-state index >= 15 is 0 Å². The minimum Gasteiger partial charge on any atom is -0.0628 e. The van der Waals surface area contributed by atoms with Crippen molar-refractivity contribution in [3.63, 3.8) is 0 Å². The van der Waals surface area contributed by atoms with Crippen LogP contribution >= 0.6 is 0 Å². The topological polar surface area (TPSA) is 0 Å². The molecule has 0 amide bonds. The Morgan fingerprint density at radius 2 is 1.71 bits per heavy atom. The van der Waals surface area contributed by atoms with Crippen LogP contribution in [-0.2, 0) is 0 Å². The molecule has 0 nitrogen and oxygen atoms in total. The van der Waals surface area contributed by atoms with E-state index in [0.29, 0.717) is 0 Å². The second-order valence-corrected chi connectivity index (χ2v) is 6.21. The molecule has 0 aliphatic heterocycles. The van der Waals surface area contributed by atoms with E-state index in [1.54, 1.807) is 12.8 Å². The molecule has 0 aromatic rings. The fraction of sp³-hybridized carbons (Fsp3) is 1.00. The van der Waals surface area contributed by atoms with Gasteiger partial charge in [0.15, 0.2) is 0 Å². The lowest BCUT2D eigenvalue weighted by Crippen LogP contribution is -2.21. The number of rotatable bonds is 2. The van der Waals surface area contributed by atoms with Gasteiger partial charge < -0.3 is 0 Å². The Kier molecular flexibility index (Phi) is 3.19. The van der Waals surface area contributed by atoms with Crippen molar-refractivity contribution in [2.75, 3.05) is 0 Å². The predicted molar refractivity (Wildman–Crippen MR) is 62.2 cm³/mol. The van der Waals surface area contributed by atoms with Crippen molar-refractivity contribution in [2.45, 2.75) is 59.3 Å². The van der Waals surface area contributed by atoms with Gasteiger partial charge in [0.1, 0.15) is 0 Å². The lowest BCUT2D eigenvalue weighted by atomic mass is 9.75. The van der Waals surface area contributed by atoms with Gasteiger partial charge >= 0.3 is 0 Å². The zero-order valence-electron chi connectivity index (χ0n) is 10.1. The van der Waals surface area contributed by atoms with E-state index in [1.807, 2.05) is 0 Å². The van der Waals surface area contributed by atoms with Crippen molar-refractivity contribution >= 4 is 0 Å². The van der Waals surface area contributed by atoms with Crippen LogP contribution in [-0.4, -0.2) is 0 Å². The van der Waals surface area contributed by atoms with Crippen molar-refractivity contribution in [1.29, 1.82) is 0 Å². The highest BCUT2D eigenvalue weighted by molar-refractivity contribution is 4.91. The lowest BCUT2D eigenvalue weighted by Gasteiger charge is -2.31. The molecule has 2 aliphatic carbocycles. The van der Waals surface area contributed by atoms with E-state index < -0.39 is 0 Å². The molecule has 0 spiro atoms. The molecule has 0 heterocycles. The SMILES string of the molecule is CC(C)CC1CC(C)C2CCCCC12. The lowest BCUT2D eigenvalue weighted by molar-refractivity contribution is 0.195. The zero-order chi connectivity index (χ0) is 10.1. The second-order valence-electron chi connectivity index (χ2n) is 6.21. The molecule has 4 atom stereocenters. The minimum absolute atomic E-state index is 0.910. The van der Waals surface area contributed by atoms with Crippen LogP contribution in [0.5, 0.6) is 0 Å². The summed E-state index contributed by atoms with van der Waals surface area (Å²) in [4.78, 5) is 0. The van der Waals surface area contributed by atoms with Crippen molar-refractivity contribution in [1.82, 2.24) is 0 Å². The Labute approximate surface area is 89.5 Å². The van der Waals surface area contributed by atoms with Gasteiger partial charge in [-0.05, 0) is 55.3 Å². The molecule has 0 saturated heterocycles. The molecular weight excluding hydrogens is 168 g/mol. The van der Waals surface area contributed by atoms with Gasteiger partial charge in [0, 0.05) is 0 Å². The summed E-state index contributed by atoms with van der Waals surface area (Å²) in [6, 6.07) is 0. The molecule has 0 aromatic heterocycles. The maximum atomic E-state index is 2.50. The molecule has 2 aliphatic rings. The Balaban J connectivity index is 1.99. The van der Waals surface area contributed by atoms with Crippen LogP contribution in [0, 0.1) is 29.6 Å². The van der Waals surface area contributed by atoms with Crippen LogP contribution < -0.4 is 0 Å². The molecule has 0 heteroatoms. The molecule has 2 saturated carbocycles. The van der Waals surface area contributed by atoms with E-state index in [0.717, 1.165) is 29.6 Å². The summed E-state index contributed by atoms with van der Waals surface area (Å²) in [6.07, 6.45) is 9.15. The highest BCUT2D eigenvalue weighted by atomic mass is 14.5. The first kappa shape index (κ1) is 10.5. The van der Waals surface area contributed by atoms with Gasteiger partial charge in [-0.15, -0.1) is 0 Å². The van der Waals surface area contributed by atoms with Gasteiger partial charge in [-0.3, -0.25) is 0 Å². The first-order valence-electron chi connectivity index (χ1n) is 6.68. The van der Waals surface area contributed by atoms with Crippen LogP contribution in [0.3, 0.4) is 0 Å². The van der Waals surface area contributed by atoms with Crippen molar-refractivity contribution in [3.05, 3.63) is 0 Å². The molecule has 0 radical (unpaired) electrons. The van der Waals surface area contributed by atoms with E-state index in [1.165, 1.54) is 25.7 Å². The summed E-state index contributed by atoms with van der Waals surface area (Å²) in [6.45, 7) is 7.28. The molecular formula is C14H26. The maximum Gasteiger partial charge on any atom is -0.0355 e. The van der Waals surface area contributed by atoms with Crippen molar-refractivity contribution < 1.29 is 0 Å². The average Bonchev–Trinajstić information content (AvgIpc) is 2.44. The van der Waals surface area contributed by atoms with Crippen molar-refractivity contribution in [3.8, 4) is 0 Å². The van der Waals surface area contributed by atoms with Crippen LogP contribution in [0.15, 0.2) is 0 Å². The minimum atomic E-state index is 0.910. The monoisotopic (exact) mass is 194 g/mol. The smallest absolute Gasteiger partial charge is 0.0355 e. The summed E-state index contributed by atoms with van der Waals surface area (Å²) in [5, 5.41) is 0. The summed E-state index contributed by atoms with van der Waals surface area (Å²) >= 11 is 0. The van der Waals surface area contributed by atoms with Crippen LogP contribution in [0.4, 0.5) is 0 Å². The number of hydrogen-bond acceptors (Lipinski definition) is 0. The van der Waals surface area contributed by atoms with E-state index in [9.17, 15) is 0 Å². The van der Waals surface area contributed by atoms with E-state index in [2.05, 4.69) is 20.8 Å². The molecule has 0 N–H and O–H groups in total. The normalized spacial score (nSPS) is 42.9. The summed E-state index contributed by atoms with van der Waals surface area (Å²) in [5.41, 5.74) is 0. The van der Waals surface area contributed by atoms with E-state index in [4.69, 9.17) is 0 Å². The van der Waals surface area contributed by atoms with Gasteiger partial charge in [0.2, 0.25) is 0 Å². The Hall–Kier alpha value is 0. The third kappa shape index (κ3) is 1.99. The molecule has 14 heavy (non-hydrogen) atoms. The zero-order valence-corrected chi connectivity index (χ0v) is 10.1. The number of hydrogen-bond donors (Lipinski definition) is 0. The molecule has 82 valence electrons. The highest BCUT2D eigenvalue weighted by Gasteiger charge is 2.41. The van der Waals surface area contributed by atoms with Gasteiger partial charge in [0.25, 0.3) is 0 Å². The Morgan fingerprint density at radius 1 is 1.07 bits per heavy atom. The molecule has 0 aromatic carbocycles. The van der Waals surface area contributed by atoms with Crippen molar-refractivity contribution in [2.24, 2.45) is 29.6 Å². The fourth-order valence-corrected chi connectivity index (χ4v) is 4.18. The van der Waals surface area contributed by atoms with Gasteiger partial charge in [0.05, 0.1) is 0 Å². The Morgan fingerprint density at radius 3 is 2.36 bits per heavy atom. The molecule has 2 rings (SSSR count). The van der Waals surface area contributed by atoms with Crippen LogP contribution in [0.25, 0.3) is 0 Å². The largest absolute Gasteiger partial charge is 0.0628 e. The van der Waals surface area contributed by atoms with Gasteiger partial charge in [-0.2, -0.15) is 0 Å². The average molecular weight is 194 g/mol. The molecule has 4 unspecified atom stereocenters. The van der Waals surface area contributed by atoms with Gasteiger partial charge in [-0.1, -0.05) is 33.6 Å². The second kappa shape index (κ2) is 4.24. The quantitative estimate of drug-likeness (QED) is 0.607. The van der Waals surface area contributed by atoms with Crippen LogP contribution in [0.1, 0.15) is 59.3 Å². The Bertz CT molecular complexity index is 182. The molecule has 2 fully saturated rings. The fourth-order valence-electron chi connectivity index (χ4n) is 4.18. The molecule has 0 bridgehead atoms. The van der Waals surface area contributed by atoms with E-state index in [-0.39, 0.29) is 0 Å². The number of fused-ring (bicyclic) bond motifs is 1. The third-order valence-electron chi connectivity index (χ3n) is 4.66. The maximum absolute atomic E-state index is 2.50. The first-order chi connectivity index (χ1) is 6.68. The summed E-state index contributed by atoms with van der Waals surface area (Å²) in [5.74, 6) is 5.24. The van der Waals surface area contributed by atoms with Gasteiger partial charge in [-0.25, -0.2) is 0 Å². The first-order valence-corrected chi connectivity index (χ1v) is 6.68. The third-order valence-corrected chi connectivity index (χ3v) is 4.66. The predicted octanol–water partition coefficient (Wildman–Crippen LogP) is 4.49. The summed E-state index contributed by atoms with van der Waals surface area (Å²) in [7, 11) is 0.